The van der Waals surface area contributed by atoms with Crippen molar-refractivity contribution in [2.45, 2.75) is 46.0 Å². The average molecular weight is 172 g/mol. The van der Waals surface area contributed by atoms with Gasteiger partial charge in [-0.2, -0.15) is 0 Å². The molecule has 2 unspecified atom stereocenters. The first kappa shape index (κ1) is 11.7. The van der Waals surface area contributed by atoms with E-state index in [0.29, 0.717) is 0 Å². The SMILES string of the molecule is C=CC(C)OC(C)OCCCC. The molecule has 0 heterocycles. The smallest absolute Gasteiger partial charge is 0.155 e. The first-order valence-corrected chi connectivity index (χ1v) is 4.60. The molecule has 2 heteroatoms. The quantitative estimate of drug-likeness (QED) is 0.334. The molecular weight excluding hydrogens is 152 g/mol. The van der Waals surface area contributed by atoms with E-state index >= 15 is 0 Å². The normalized spacial score (nSPS) is 15.6. The molecule has 0 saturated heterocycles. The van der Waals surface area contributed by atoms with Crippen LogP contribution >= 0.6 is 0 Å². The third kappa shape index (κ3) is 6.38. The highest BCUT2D eigenvalue weighted by Gasteiger charge is 2.04. The highest BCUT2D eigenvalue weighted by Crippen LogP contribution is 2.01. The molecule has 0 rings (SSSR count). The fourth-order valence-corrected chi connectivity index (χ4v) is 0.791. The topological polar surface area (TPSA) is 18.5 Å². The maximum absolute atomic E-state index is 5.41. The van der Waals surface area contributed by atoms with Crippen molar-refractivity contribution >= 4 is 0 Å². The maximum atomic E-state index is 5.41. The summed E-state index contributed by atoms with van der Waals surface area (Å²) < 4.78 is 10.8. The average Bonchev–Trinajstić information content (AvgIpc) is 2.05. The molecule has 72 valence electrons. The Kier molecular flexibility index (Phi) is 7.11. The van der Waals surface area contributed by atoms with Gasteiger partial charge < -0.3 is 9.47 Å². The summed E-state index contributed by atoms with van der Waals surface area (Å²) in [7, 11) is 0. The lowest BCUT2D eigenvalue weighted by Crippen LogP contribution is -2.18. The molecule has 0 bridgehead atoms. The molecule has 0 aliphatic heterocycles. The van der Waals surface area contributed by atoms with Gasteiger partial charge in [-0.05, 0) is 20.3 Å². The Labute approximate surface area is 75.6 Å². The standard InChI is InChI=1S/C10H20O2/c1-5-7-8-11-10(4)12-9(3)6-2/h6,9-10H,2,5,7-8H2,1,3-4H3. The monoisotopic (exact) mass is 172 g/mol. The fraction of sp³-hybridized carbons (Fsp3) is 0.800. The molecule has 0 amide bonds. The second-order valence-corrected chi connectivity index (χ2v) is 2.87. The van der Waals surface area contributed by atoms with E-state index in [0.717, 1.165) is 19.4 Å². The van der Waals surface area contributed by atoms with E-state index in [-0.39, 0.29) is 12.4 Å². The first-order chi connectivity index (χ1) is 5.70. The van der Waals surface area contributed by atoms with Gasteiger partial charge in [-0.3, -0.25) is 0 Å². The summed E-state index contributed by atoms with van der Waals surface area (Å²) in [6, 6.07) is 0. The Morgan fingerprint density at radius 1 is 1.42 bits per heavy atom. The minimum Gasteiger partial charge on any atom is -0.353 e. The number of ether oxygens (including phenoxy) is 2. The van der Waals surface area contributed by atoms with E-state index in [9.17, 15) is 0 Å². The minimum atomic E-state index is -0.121. The Bertz CT molecular complexity index is 112. The molecule has 12 heavy (non-hydrogen) atoms. The van der Waals surface area contributed by atoms with Gasteiger partial charge in [-0.25, -0.2) is 0 Å². The largest absolute Gasteiger partial charge is 0.353 e. The van der Waals surface area contributed by atoms with Crippen molar-refractivity contribution in [3.63, 3.8) is 0 Å². The van der Waals surface area contributed by atoms with Crippen LogP contribution < -0.4 is 0 Å². The van der Waals surface area contributed by atoms with Crippen LogP contribution in [-0.2, 0) is 9.47 Å². The third-order valence-electron chi connectivity index (χ3n) is 1.59. The molecule has 0 saturated carbocycles. The zero-order valence-corrected chi connectivity index (χ0v) is 8.38. The van der Waals surface area contributed by atoms with Crippen LogP contribution in [0, 0.1) is 0 Å². The van der Waals surface area contributed by atoms with Crippen molar-refractivity contribution in [2.24, 2.45) is 0 Å². The minimum absolute atomic E-state index is 0.0710. The predicted octanol–water partition coefficient (Wildman–Crippen LogP) is 2.74. The molecule has 0 aliphatic carbocycles. The lowest BCUT2D eigenvalue weighted by Gasteiger charge is -2.16. The van der Waals surface area contributed by atoms with Gasteiger partial charge in [-0.1, -0.05) is 19.4 Å². The summed E-state index contributed by atoms with van der Waals surface area (Å²) in [6.45, 7) is 10.4. The number of hydrogen-bond donors (Lipinski definition) is 0. The van der Waals surface area contributed by atoms with Crippen molar-refractivity contribution in [1.29, 1.82) is 0 Å². The molecule has 2 nitrogen and oxygen atoms in total. The van der Waals surface area contributed by atoms with E-state index in [2.05, 4.69) is 13.5 Å². The van der Waals surface area contributed by atoms with Crippen molar-refractivity contribution in [2.75, 3.05) is 6.61 Å². The summed E-state index contributed by atoms with van der Waals surface area (Å²) in [5.74, 6) is 0. The van der Waals surface area contributed by atoms with Gasteiger partial charge in [0.15, 0.2) is 6.29 Å². The number of unbranched alkanes of at least 4 members (excludes halogenated alkanes) is 1. The zero-order chi connectivity index (χ0) is 9.40. The van der Waals surface area contributed by atoms with E-state index in [1.165, 1.54) is 0 Å². The van der Waals surface area contributed by atoms with Crippen LogP contribution in [0.25, 0.3) is 0 Å². The van der Waals surface area contributed by atoms with Gasteiger partial charge in [0.25, 0.3) is 0 Å². The van der Waals surface area contributed by atoms with Crippen LogP contribution in [0.4, 0.5) is 0 Å². The summed E-state index contributed by atoms with van der Waals surface area (Å²) in [5.41, 5.74) is 0. The Morgan fingerprint density at radius 3 is 2.58 bits per heavy atom. The summed E-state index contributed by atoms with van der Waals surface area (Å²) in [5, 5.41) is 0. The Balaban J connectivity index is 3.32. The zero-order valence-electron chi connectivity index (χ0n) is 8.38. The molecule has 0 spiro atoms. The molecule has 0 aromatic carbocycles. The molecule has 0 aromatic rings. The Morgan fingerprint density at radius 2 is 2.08 bits per heavy atom. The van der Waals surface area contributed by atoms with Crippen LogP contribution in [0.2, 0.25) is 0 Å². The predicted molar refractivity (Wildman–Crippen MR) is 51.1 cm³/mol. The van der Waals surface area contributed by atoms with Crippen molar-refractivity contribution < 1.29 is 9.47 Å². The summed E-state index contributed by atoms with van der Waals surface area (Å²) >= 11 is 0. The summed E-state index contributed by atoms with van der Waals surface area (Å²) in [4.78, 5) is 0. The van der Waals surface area contributed by atoms with Crippen molar-refractivity contribution in [3.05, 3.63) is 12.7 Å². The van der Waals surface area contributed by atoms with Crippen LogP contribution in [0.1, 0.15) is 33.6 Å². The first-order valence-electron chi connectivity index (χ1n) is 4.60. The van der Waals surface area contributed by atoms with Gasteiger partial charge in [0.2, 0.25) is 0 Å². The van der Waals surface area contributed by atoms with E-state index in [1.807, 2.05) is 13.8 Å². The number of hydrogen-bond acceptors (Lipinski definition) is 2. The lowest BCUT2D eigenvalue weighted by molar-refractivity contribution is -0.145. The van der Waals surface area contributed by atoms with Gasteiger partial charge >= 0.3 is 0 Å². The maximum Gasteiger partial charge on any atom is 0.155 e. The second kappa shape index (κ2) is 7.32. The molecular formula is C10H20O2. The molecule has 0 fully saturated rings. The fourth-order valence-electron chi connectivity index (χ4n) is 0.791. The second-order valence-electron chi connectivity index (χ2n) is 2.87. The lowest BCUT2D eigenvalue weighted by atomic mass is 10.4. The molecule has 2 atom stereocenters. The van der Waals surface area contributed by atoms with Gasteiger partial charge in [0.05, 0.1) is 6.10 Å². The van der Waals surface area contributed by atoms with Gasteiger partial charge in [-0.15, -0.1) is 6.58 Å². The number of rotatable bonds is 7. The summed E-state index contributed by atoms with van der Waals surface area (Å²) in [6.07, 6.45) is 3.96. The van der Waals surface area contributed by atoms with Crippen LogP contribution in [-0.4, -0.2) is 19.0 Å². The molecule has 0 aromatic heterocycles. The van der Waals surface area contributed by atoms with Crippen LogP contribution in [0.3, 0.4) is 0 Å². The molecule has 0 radical (unpaired) electrons. The highest BCUT2D eigenvalue weighted by molar-refractivity contribution is 4.75. The van der Waals surface area contributed by atoms with Crippen LogP contribution in [0.5, 0.6) is 0 Å². The molecule has 0 N–H and O–H groups in total. The Hall–Kier alpha value is -0.340. The third-order valence-corrected chi connectivity index (χ3v) is 1.59. The van der Waals surface area contributed by atoms with Gasteiger partial charge in [0, 0.05) is 6.61 Å². The van der Waals surface area contributed by atoms with Crippen molar-refractivity contribution in [3.8, 4) is 0 Å². The van der Waals surface area contributed by atoms with E-state index in [1.54, 1.807) is 6.08 Å². The molecule has 0 aliphatic rings. The van der Waals surface area contributed by atoms with Crippen molar-refractivity contribution in [1.82, 2.24) is 0 Å². The van der Waals surface area contributed by atoms with Crippen LogP contribution in [0.15, 0.2) is 12.7 Å². The highest BCUT2D eigenvalue weighted by atomic mass is 16.7. The van der Waals surface area contributed by atoms with E-state index < -0.39 is 0 Å². The van der Waals surface area contributed by atoms with Gasteiger partial charge in [0.1, 0.15) is 0 Å². The van der Waals surface area contributed by atoms with E-state index in [4.69, 9.17) is 9.47 Å².